The van der Waals surface area contributed by atoms with Crippen LogP contribution in [0.1, 0.15) is 55.9 Å². The first-order chi connectivity index (χ1) is 15.4. The van der Waals surface area contributed by atoms with Crippen LogP contribution in [0, 0.1) is 23.1 Å². The van der Waals surface area contributed by atoms with Gasteiger partial charge in [0.05, 0.1) is 12.7 Å². The van der Waals surface area contributed by atoms with Crippen LogP contribution < -0.4 is 4.74 Å². The standard InChI is InChI=1S/C26H26FNO4/c1-4-6-23(29)22(26(30)31-5-2)12-17-7-9-20-18(11-17)15-32-24-13-19(27)8-10-21(24)25(20)16(3)14-28/h7-11,13,22H,4-6,12,15H2,1-3H3/b25-16+. The molecule has 0 bridgehead atoms. The number of Topliss-reactive ketones (excluding diaryl/α,β-unsaturated/α-hetero) is 1. The Morgan fingerprint density at radius 1 is 1.19 bits per heavy atom. The SMILES string of the molecule is CCCC(=O)C(Cc1ccc2c(c1)COc1cc(F)ccc1/C2=C(\C)C#N)C(=O)OCC. The predicted molar refractivity (Wildman–Crippen MR) is 118 cm³/mol. The number of ether oxygens (including phenoxy) is 2. The fourth-order valence-electron chi connectivity index (χ4n) is 3.95. The van der Waals surface area contributed by atoms with Gasteiger partial charge in [-0.3, -0.25) is 9.59 Å². The Hall–Kier alpha value is -3.46. The molecule has 0 spiro atoms. The van der Waals surface area contributed by atoms with Crippen LogP contribution in [0.25, 0.3) is 5.57 Å². The Morgan fingerprint density at radius 2 is 1.94 bits per heavy atom. The van der Waals surface area contributed by atoms with E-state index >= 15 is 0 Å². The van der Waals surface area contributed by atoms with Gasteiger partial charge in [-0.2, -0.15) is 5.26 Å². The third-order valence-corrected chi connectivity index (χ3v) is 5.47. The van der Waals surface area contributed by atoms with E-state index in [1.54, 1.807) is 19.9 Å². The lowest BCUT2D eigenvalue weighted by atomic mass is 9.87. The molecular weight excluding hydrogens is 409 g/mol. The Bertz CT molecular complexity index is 1100. The third kappa shape index (κ3) is 4.88. The fraction of sp³-hybridized carbons (Fsp3) is 0.346. The third-order valence-electron chi connectivity index (χ3n) is 5.47. The number of nitriles is 1. The van der Waals surface area contributed by atoms with Crippen LogP contribution in [0.2, 0.25) is 0 Å². The summed E-state index contributed by atoms with van der Waals surface area (Å²) in [5.41, 5.74) is 4.23. The second-order valence-electron chi connectivity index (χ2n) is 7.76. The van der Waals surface area contributed by atoms with E-state index < -0.39 is 17.7 Å². The Morgan fingerprint density at radius 3 is 2.62 bits per heavy atom. The zero-order valence-corrected chi connectivity index (χ0v) is 18.5. The van der Waals surface area contributed by atoms with Crippen LogP contribution in [0.4, 0.5) is 4.39 Å². The summed E-state index contributed by atoms with van der Waals surface area (Å²) in [6.45, 7) is 5.71. The topological polar surface area (TPSA) is 76.4 Å². The van der Waals surface area contributed by atoms with Crippen molar-refractivity contribution in [2.45, 2.75) is 46.6 Å². The van der Waals surface area contributed by atoms with Gasteiger partial charge in [0.25, 0.3) is 0 Å². The maximum Gasteiger partial charge on any atom is 0.316 e. The molecule has 0 fully saturated rings. The molecule has 0 saturated heterocycles. The summed E-state index contributed by atoms with van der Waals surface area (Å²) in [6, 6.07) is 12.1. The largest absolute Gasteiger partial charge is 0.488 e. The van der Waals surface area contributed by atoms with E-state index in [-0.39, 0.29) is 25.4 Å². The molecule has 1 aliphatic heterocycles. The van der Waals surface area contributed by atoms with Crippen molar-refractivity contribution in [2.75, 3.05) is 6.61 Å². The molecular formula is C26H26FNO4. The van der Waals surface area contributed by atoms with Gasteiger partial charge in [0.1, 0.15) is 29.9 Å². The summed E-state index contributed by atoms with van der Waals surface area (Å²) >= 11 is 0. The lowest BCUT2D eigenvalue weighted by molar-refractivity contribution is -0.151. The van der Waals surface area contributed by atoms with Gasteiger partial charge in [-0.05, 0) is 55.5 Å². The Balaban J connectivity index is 2.02. The van der Waals surface area contributed by atoms with Crippen LogP contribution in [0.3, 0.4) is 0 Å². The summed E-state index contributed by atoms with van der Waals surface area (Å²) in [6.07, 6.45) is 1.19. The number of ketones is 1. The molecule has 32 heavy (non-hydrogen) atoms. The maximum absolute atomic E-state index is 13.8. The lowest BCUT2D eigenvalue weighted by Crippen LogP contribution is -2.28. The van der Waals surface area contributed by atoms with Crippen LogP contribution in [-0.2, 0) is 27.4 Å². The zero-order chi connectivity index (χ0) is 23.3. The molecule has 0 saturated carbocycles. The number of benzene rings is 2. The van der Waals surface area contributed by atoms with E-state index in [0.717, 1.165) is 16.7 Å². The van der Waals surface area contributed by atoms with Gasteiger partial charge in [-0.15, -0.1) is 0 Å². The minimum atomic E-state index is -0.859. The van der Waals surface area contributed by atoms with Gasteiger partial charge >= 0.3 is 5.97 Å². The number of halogens is 1. The first-order valence-corrected chi connectivity index (χ1v) is 10.7. The molecule has 0 amide bonds. The minimum absolute atomic E-state index is 0.138. The van der Waals surface area contributed by atoms with Gasteiger partial charge in [-0.25, -0.2) is 4.39 Å². The van der Waals surface area contributed by atoms with Gasteiger partial charge in [0, 0.05) is 29.2 Å². The van der Waals surface area contributed by atoms with Gasteiger partial charge < -0.3 is 9.47 Å². The highest BCUT2D eigenvalue weighted by Crippen LogP contribution is 2.39. The number of carbonyl (C=O) groups is 2. The van der Waals surface area contributed by atoms with Crippen molar-refractivity contribution in [2.24, 2.45) is 5.92 Å². The summed E-state index contributed by atoms with van der Waals surface area (Å²) in [4.78, 5) is 25.0. The second-order valence-corrected chi connectivity index (χ2v) is 7.76. The monoisotopic (exact) mass is 435 g/mol. The van der Waals surface area contributed by atoms with Crippen molar-refractivity contribution >= 4 is 17.3 Å². The molecule has 1 heterocycles. The molecule has 0 aliphatic carbocycles. The molecule has 1 atom stereocenters. The van der Waals surface area contributed by atoms with Gasteiger partial charge in [0.2, 0.25) is 0 Å². The van der Waals surface area contributed by atoms with Crippen LogP contribution >= 0.6 is 0 Å². The maximum atomic E-state index is 13.8. The first-order valence-electron chi connectivity index (χ1n) is 10.7. The fourth-order valence-corrected chi connectivity index (χ4v) is 3.95. The number of carbonyl (C=O) groups excluding carboxylic acids is 2. The van der Waals surface area contributed by atoms with E-state index in [1.807, 2.05) is 25.1 Å². The highest BCUT2D eigenvalue weighted by atomic mass is 19.1. The zero-order valence-electron chi connectivity index (χ0n) is 18.5. The second kappa shape index (κ2) is 10.2. The summed E-state index contributed by atoms with van der Waals surface area (Å²) in [5, 5.41) is 9.57. The first kappa shape index (κ1) is 23.2. The molecule has 1 aliphatic rings. The molecule has 5 nitrogen and oxygen atoms in total. The number of hydrogen-bond donors (Lipinski definition) is 0. The number of esters is 1. The van der Waals surface area contributed by atoms with Gasteiger partial charge in [-0.1, -0.05) is 25.1 Å². The van der Waals surface area contributed by atoms with E-state index in [0.29, 0.717) is 35.3 Å². The molecule has 166 valence electrons. The highest BCUT2D eigenvalue weighted by molar-refractivity contribution is 5.99. The van der Waals surface area contributed by atoms with Crippen molar-refractivity contribution < 1.29 is 23.5 Å². The number of nitrogens with zero attached hydrogens (tertiary/aromatic N) is 1. The van der Waals surface area contributed by atoms with Gasteiger partial charge in [0.15, 0.2) is 0 Å². The van der Waals surface area contributed by atoms with E-state index in [4.69, 9.17) is 9.47 Å². The molecule has 2 aromatic rings. The molecule has 0 radical (unpaired) electrons. The highest BCUT2D eigenvalue weighted by Gasteiger charge is 2.28. The number of allylic oxidation sites excluding steroid dienone is 1. The molecule has 1 unspecified atom stereocenters. The van der Waals surface area contributed by atoms with Crippen LogP contribution in [-0.4, -0.2) is 18.4 Å². The quantitative estimate of drug-likeness (QED) is 0.341. The lowest BCUT2D eigenvalue weighted by Gasteiger charge is -2.16. The van der Waals surface area contributed by atoms with Crippen molar-refractivity contribution in [1.82, 2.24) is 0 Å². The molecule has 2 aromatic carbocycles. The minimum Gasteiger partial charge on any atom is -0.488 e. The molecule has 0 N–H and O–H groups in total. The normalized spacial score (nSPS) is 14.7. The average Bonchev–Trinajstić information content (AvgIpc) is 2.93. The Labute approximate surface area is 187 Å². The number of hydrogen-bond acceptors (Lipinski definition) is 5. The van der Waals surface area contributed by atoms with Crippen LogP contribution in [0.15, 0.2) is 42.0 Å². The van der Waals surface area contributed by atoms with E-state index in [9.17, 15) is 19.2 Å². The predicted octanol–water partition coefficient (Wildman–Crippen LogP) is 5.15. The summed E-state index contributed by atoms with van der Waals surface area (Å²) in [7, 11) is 0. The number of rotatable bonds is 7. The van der Waals surface area contributed by atoms with Crippen molar-refractivity contribution in [3.63, 3.8) is 0 Å². The Kier molecular flexibility index (Phi) is 7.42. The molecule has 3 rings (SSSR count). The van der Waals surface area contributed by atoms with Crippen molar-refractivity contribution in [3.8, 4) is 11.8 Å². The summed E-state index contributed by atoms with van der Waals surface area (Å²) in [5.74, 6) is -1.56. The summed E-state index contributed by atoms with van der Waals surface area (Å²) < 4.78 is 24.8. The van der Waals surface area contributed by atoms with Crippen molar-refractivity contribution in [3.05, 3.63) is 70.0 Å². The smallest absolute Gasteiger partial charge is 0.316 e. The number of fused-ring (bicyclic) bond motifs is 2. The average molecular weight is 435 g/mol. The molecule has 0 aromatic heterocycles. The molecule has 6 heteroatoms. The van der Waals surface area contributed by atoms with Crippen LogP contribution in [0.5, 0.6) is 5.75 Å². The van der Waals surface area contributed by atoms with Crippen molar-refractivity contribution in [1.29, 1.82) is 5.26 Å². The van der Waals surface area contributed by atoms with E-state index in [1.165, 1.54) is 12.1 Å². The van der Waals surface area contributed by atoms with E-state index in [2.05, 4.69) is 6.07 Å².